The number of ether oxygens (including phenoxy) is 2. The third-order valence-electron chi connectivity index (χ3n) is 5.52. The first-order chi connectivity index (χ1) is 13.6. The van der Waals surface area contributed by atoms with Crippen molar-refractivity contribution in [2.45, 2.75) is 25.4 Å². The maximum atomic E-state index is 14.1. The summed E-state index contributed by atoms with van der Waals surface area (Å²) in [7, 11) is 1.74. The molecule has 0 unspecified atom stereocenters. The molecule has 0 spiro atoms. The van der Waals surface area contributed by atoms with Gasteiger partial charge in [-0.1, -0.05) is 0 Å². The average molecular weight is 524 g/mol. The Bertz CT molecular complexity index is 678. The first-order valence-corrected chi connectivity index (χ1v) is 9.93. The molecule has 0 atom stereocenters. The first-order valence-electron chi connectivity index (χ1n) is 9.93. The van der Waals surface area contributed by atoms with Gasteiger partial charge in [0, 0.05) is 72.0 Å². The van der Waals surface area contributed by atoms with Crippen LogP contribution in [0.5, 0.6) is 0 Å². The van der Waals surface area contributed by atoms with Crippen LogP contribution in [0.1, 0.15) is 19.8 Å². The molecule has 2 heterocycles. The van der Waals surface area contributed by atoms with Crippen LogP contribution in [-0.4, -0.2) is 76.1 Å². The van der Waals surface area contributed by atoms with Gasteiger partial charge in [-0.25, -0.2) is 8.78 Å². The molecule has 9 heteroatoms. The van der Waals surface area contributed by atoms with Gasteiger partial charge in [-0.3, -0.25) is 4.99 Å². The number of nitrogens with zero attached hydrogens (tertiary/aromatic N) is 3. The fourth-order valence-corrected chi connectivity index (χ4v) is 3.70. The van der Waals surface area contributed by atoms with Crippen LogP contribution in [0.3, 0.4) is 0 Å². The number of methoxy groups -OCH3 is 1. The number of benzene rings is 1. The van der Waals surface area contributed by atoms with E-state index in [1.165, 1.54) is 12.1 Å². The largest absolute Gasteiger partial charge is 0.381 e. The highest BCUT2D eigenvalue weighted by Gasteiger charge is 2.33. The number of hydrogen-bond acceptors (Lipinski definition) is 4. The van der Waals surface area contributed by atoms with Crippen LogP contribution in [0.25, 0.3) is 0 Å². The van der Waals surface area contributed by atoms with Crippen LogP contribution in [0.15, 0.2) is 23.2 Å². The van der Waals surface area contributed by atoms with Gasteiger partial charge in [0.2, 0.25) is 0 Å². The van der Waals surface area contributed by atoms with Crippen molar-refractivity contribution < 1.29 is 18.3 Å². The zero-order valence-corrected chi connectivity index (χ0v) is 19.5. The van der Waals surface area contributed by atoms with Crippen molar-refractivity contribution >= 4 is 35.6 Å². The van der Waals surface area contributed by atoms with Gasteiger partial charge in [-0.2, -0.15) is 0 Å². The highest BCUT2D eigenvalue weighted by Crippen LogP contribution is 2.25. The Kier molecular flexibility index (Phi) is 9.35. The molecule has 0 aromatic heterocycles. The molecule has 1 aromatic rings. The molecule has 29 heavy (non-hydrogen) atoms. The number of piperazine rings is 1. The average Bonchev–Trinajstić information content (AvgIpc) is 2.74. The number of aliphatic imine (C=N–C) groups is 1. The Labute approximate surface area is 188 Å². The second-order valence-electron chi connectivity index (χ2n) is 7.24. The lowest BCUT2D eigenvalue weighted by Crippen LogP contribution is -2.53. The van der Waals surface area contributed by atoms with E-state index in [0.717, 1.165) is 31.4 Å². The molecule has 0 saturated carbocycles. The minimum atomic E-state index is -0.421. The van der Waals surface area contributed by atoms with Crippen LogP contribution < -0.4 is 10.2 Å². The maximum absolute atomic E-state index is 14.1. The summed E-state index contributed by atoms with van der Waals surface area (Å²) in [5, 5.41) is 3.34. The van der Waals surface area contributed by atoms with Gasteiger partial charge in [0.1, 0.15) is 11.6 Å². The van der Waals surface area contributed by atoms with Crippen molar-refractivity contribution in [3.63, 3.8) is 0 Å². The van der Waals surface area contributed by atoms with E-state index in [-0.39, 0.29) is 29.6 Å². The predicted molar refractivity (Wildman–Crippen MR) is 121 cm³/mol. The molecule has 0 aliphatic carbocycles. The summed E-state index contributed by atoms with van der Waals surface area (Å²) in [6, 6.07) is 3.59. The number of nitrogens with one attached hydrogen (secondary N) is 1. The van der Waals surface area contributed by atoms with E-state index in [9.17, 15) is 8.78 Å². The molecule has 164 valence electrons. The molecule has 1 N–H and O–H groups in total. The second kappa shape index (κ2) is 11.3. The minimum absolute atomic E-state index is 0. The topological polar surface area (TPSA) is 49.3 Å². The third kappa shape index (κ3) is 6.14. The van der Waals surface area contributed by atoms with E-state index in [2.05, 4.69) is 10.2 Å². The highest BCUT2D eigenvalue weighted by molar-refractivity contribution is 14.0. The van der Waals surface area contributed by atoms with Crippen LogP contribution in [0.2, 0.25) is 0 Å². The van der Waals surface area contributed by atoms with Crippen LogP contribution >= 0.6 is 24.0 Å². The summed E-state index contributed by atoms with van der Waals surface area (Å²) in [5.41, 5.74) is 0.0490. The van der Waals surface area contributed by atoms with Crippen LogP contribution in [-0.2, 0) is 9.47 Å². The summed E-state index contributed by atoms with van der Waals surface area (Å²) in [5.74, 6) is 0.0248. The Morgan fingerprint density at radius 2 is 1.90 bits per heavy atom. The number of hydrogen-bond donors (Lipinski definition) is 1. The van der Waals surface area contributed by atoms with Gasteiger partial charge in [0.05, 0.1) is 17.8 Å². The lowest BCUT2D eigenvalue weighted by atomic mass is 9.94. The van der Waals surface area contributed by atoms with Gasteiger partial charge >= 0.3 is 0 Å². The molecule has 6 nitrogen and oxygen atoms in total. The molecule has 2 fully saturated rings. The van der Waals surface area contributed by atoms with E-state index in [4.69, 9.17) is 14.5 Å². The molecule has 0 radical (unpaired) electrons. The molecule has 0 bridgehead atoms. The number of anilines is 1. The Hall–Kier alpha value is -1.20. The molecule has 2 aliphatic rings. The zero-order chi connectivity index (χ0) is 20.0. The third-order valence-corrected chi connectivity index (χ3v) is 5.52. The highest BCUT2D eigenvalue weighted by atomic mass is 127. The van der Waals surface area contributed by atoms with Gasteiger partial charge in [0.25, 0.3) is 0 Å². The monoisotopic (exact) mass is 524 g/mol. The standard InChI is InChI=1S/C20H30F2N4O2.HI/c1-3-23-19(24-15-20(27-2)6-12-28-13-7-20)26-10-8-25(9-11-26)18-14-16(21)4-5-17(18)22;/h4-5,14H,3,6-13,15H2,1-2H3,(H,23,24);1H. The lowest BCUT2D eigenvalue weighted by molar-refractivity contribution is -0.0829. The maximum Gasteiger partial charge on any atom is 0.194 e. The van der Waals surface area contributed by atoms with Crippen molar-refractivity contribution in [2.24, 2.45) is 4.99 Å². The summed E-state index contributed by atoms with van der Waals surface area (Å²) < 4.78 is 38.8. The van der Waals surface area contributed by atoms with Gasteiger partial charge in [-0.15, -0.1) is 24.0 Å². The molecule has 2 saturated heterocycles. The number of rotatable bonds is 5. The second-order valence-corrected chi connectivity index (χ2v) is 7.24. The SMILES string of the molecule is CCNC(=NCC1(OC)CCOCC1)N1CCN(c2cc(F)ccc2F)CC1.I. The van der Waals surface area contributed by atoms with Crippen molar-refractivity contribution in [3.8, 4) is 0 Å². The molecule has 2 aliphatic heterocycles. The van der Waals surface area contributed by atoms with Gasteiger partial charge in [-0.05, 0) is 19.1 Å². The quantitative estimate of drug-likeness (QED) is 0.365. The molecular weight excluding hydrogens is 493 g/mol. The summed E-state index contributed by atoms with van der Waals surface area (Å²) in [6.45, 7) is 7.34. The smallest absolute Gasteiger partial charge is 0.194 e. The van der Waals surface area contributed by atoms with E-state index in [1.54, 1.807) is 7.11 Å². The predicted octanol–water partition coefficient (Wildman–Crippen LogP) is 2.87. The number of halogens is 3. The van der Waals surface area contributed by atoms with Gasteiger partial charge in [0.15, 0.2) is 5.96 Å². The molecule has 1 aromatic carbocycles. The zero-order valence-electron chi connectivity index (χ0n) is 17.1. The summed E-state index contributed by atoms with van der Waals surface area (Å²) in [6.07, 6.45) is 1.66. The summed E-state index contributed by atoms with van der Waals surface area (Å²) >= 11 is 0. The Morgan fingerprint density at radius 3 is 2.52 bits per heavy atom. The van der Waals surface area contributed by atoms with Crippen molar-refractivity contribution in [2.75, 3.05) is 64.5 Å². The molecule has 0 amide bonds. The van der Waals surface area contributed by atoms with Crippen LogP contribution in [0.4, 0.5) is 14.5 Å². The van der Waals surface area contributed by atoms with E-state index < -0.39 is 11.6 Å². The van der Waals surface area contributed by atoms with Gasteiger partial charge < -0.3 is 24.6 Å². The minimum Gasteiger partial charge on any atom is -0.381 e. The van der Waals surface area contributed by atoms with Crippen LogP contribution in [0, 0.1) is 11.6 Å². The molecule has 3 rings (SSSR count). The Balaban J connectivity index is 0.00000300. The van der Waals surface area contributed by atoms with Crippen molar-refractivity contribution in [3.05, 3.63) is 29.8 Å². The number of guanidine groups is 1. The van der Waals surface area contributed by atoms with Crippen molar-refractivity contribution in [1.82, 2.24) is 10.2 Å². The van der Waals surface area contributed by atoms with E-state index in [1.807, 2.05) is 11.8 Å². The van der Waals surface area contributed by atoms with E-state index >= 15 is 0 Å². The molecular formula is C20H31F2IN4O2. The fourth-order valence-electron chi connectivity index (χ4n) is 3.70. The van der Waals surface area contributed by atoms with Crippen molar-refractivity contribution in [1.29, 1.82) is 0 Å². The Morgan fingerprint density at radius 1 is 1.21 bits per heavy atom. The fraction of sp³-hybridized carbons (Fsp3) is 0.650. The first kappa shape index (κ1) is 24.1. The van der Waals surface area contributed by atoms with E-state index in [0.29, 0.717) is 51.6 Å². The lowest BCUT2D eigenvalue weighted by Gasteiger charge is -2.39. The summed E-state index contributed by atoms with van der Waals surface area (Å²) in [4.78, 5) is 8.88. The normalized spacial score (nSPS) is 19.7.